The molecular formula is C22H25F3N4O. The Bertz CT molecular complexity index is 915. The number of hydrogen-bond acceptors (Lipinski definition) is 4. The lowest BCUT2D eigenvalue weighted by atomic mass is 10.1. The monoisotopic (exact) mass is 418 g/mol. The zero-order chi connectivity index (χ0) is 21.9. The normalized spacial score (nSPS) is 15.3. The summed E-state index contributed by atoms with van der Waals surface area (Å²) < 4.78 is 37.9. The van der Waals surface area contributed by atoms with Gasteiger partial charge in [0.15, 0.2) is 0 Å². The van der Waals surface area contributed by atoms with Crippen molar-refractivity contribution in [3.63, 3.8) is 0 Å². The van der Waals surface area contributed by atoms with Crippen molar-refractivity contribution in [2.75, 3.05) is 31.1 Å². The number of benzene rings is 1. The molecule has 1 saturated heterocycles. The topological polar surface area (TPSA) is 49.3 Å². The van der Waals surface area contributed by atoms with Gasteiger partial charge in [-0.3, -0.25) is 4.79 Å². The Morgan fingerprint density at radius 3 is 2.27 bits per heavy atom. The minimum atomic E-state index is -4.37. The van der Waals surface area contributed by atoms with E-state index in [0.29, 0.717) is 31.7 Å². The van der Waals surface area contributed by atoms with Crippen LogP contribution in [-0.2, 0) is 11.0 Å². The van der Waals surface area contributed by atoms with Gasteiger partial charge in [0.05, 0.1) is 5.56 Å². The molecule has 0 atom stereocenters. The van der Waals surface area contributed by atoms with Gasteiger partial charge in [0, 0.05) is 49.9 Å². The molecule has 1 amide bonds. The van der Waals surface area contributed by atoms with E-state index in [1.807, 2.05) is 13.0 Å². The van der Waals surface area contributed by atoms with Crippen LogP contribution < -0.4 is 4.90 Å². The third-order valence-electron chi connectivity index (χ3n) is 4.95. The van der Waals surface area contributed by atoms with E-state index in [9.17, 15) is 18.0 Å². The van der Waals surface area contributed by atoms with Crippen molar-refractivity contribution < 1.29 is 18.0 Å². The van der Waals surface area contributed by atoms with Gasteiger partial charge in [-0.1, -0.05) is 26.0 Å². The molecule has 30 heavy (non-hydrogen) atoms. The molecule has 5 nitrogen and oxygen atoms in total. The fraction of sp³-hybridized carbons (Fsp3) is 0.409. The van der Waals surface area contributed by atoms with Crippen LogP contribution in [0.2, 0.25) is 0 Å². The number of anilines is 1. The number of amides is 1. The highest BCUT2D eigenvalue weighted by molar-refractivity contribution is 5.92. The number of aryl methyl sites for hydroxylation is 1. The summed E-state index contributed by atoms with van der Waals surface area (Å²) >= 11 is 0. The summed E-state index contributed by atoms with van der Waals surface area (Å²) in [6, 6.07) is 6.69. The second kappa shape index (κ2) is 8.85. The Kier molecular flexibility index (Phi) is 6.43. The van der Waals surface area contributed by atoms with Gasteiger partial charge in [-0.15, -0.1) is 0 Å². The van der Waals surface area contributed by atoms with Gasteiger partial charge in [-0.05, 0) is 30.7 Å². The van der Waals surface area contributed by atoms with Crippen molar-refractivity contribution in [2.45, 2.75) is 32.9 Å². The second-order valence-electron chi connectivity index (χ2n) is 7.65. The third kappa shape index (κ3) is 5.37. The van der Waals surface area contributed by atoms with Crippen LogP contribution in [0.25, 0.3) is 6.08 Å². The first-order valence-corrected chi connectivity index (χ1v) is 9.88. The average Bonchev–Trinajstić information content (AvgIpc) is 2.71. The Labute approximate surface area is 174 Å². The first-order valence-electron chi connectivity index (χ1n) is 9.88. The highest BCUT2D eigenvalue weighted by Gasteiger charge is 2.29. The molecule has 160 valence electrons. The Morgan fingerprint density at radius 1 is 1.07 bits per heavy atom. The summed E-state index contributed by atoms with van der Waals surface area (Å²) in [7, 11) is 0. The van der Waals surface area contributed by atoms with Crippen LogP contribution >= 0.6 is 0 Å². The van der Waals surface area contributed by atoms with Crippen LogP contribution in [-0.4, -0.2) is 47.0 Å². The lowest BCUT2D eigenvalue weighted by Gasteiger charge is -2.35. The Morgan fingerprint density at radius 2 is 1.70 bits per heavy atom. The number of aromatic nitrogens is 2. The van der Waals surface area contributed by atoms with E-state index in [-0.39, 0.29) is 11.8 Å². The van der Waals surface area contributed by atoms with Crippen LogP contribution in [0.1, 0.15) is 42.4 Å². The average molecular weight is 418 g/mol. The summed E-state index contributed by atoms with van der Waals surface area (Å²) in [6.07, 6.45) is -1.42. The molecule has 0 bridgehead atoms. The van der Waals surface area contributed by atoms with Crippen molar-refractivity contribution in [3.8, 4) is 0 Å². The highest BCUT2D eigenvalue weighted by atomic mass is 19.4. The molecule has 1 aliphatic rings. The molecule has 2 heterocycles. The molecule has 0 radical (unpaired) electrons. The van der Waals surface area contributed by atoms with Gasteiger partial charge in [-0.2, -0.15) is 13.2 Å². The van der Waals surface area contributed by atoms with E-state index >= 15 is 0 Å². The van der Waals surface area contributed by atoms with E-state index in [2.05, 4.69) is 28.7 Å². The molecule has 3 rings (SSSR count). The lowest BCUT2D eigenvalue weighted by Crippen LogP contribution is -2.48. The zero-order valence-electron chi connectivity index (χ0n) is 17.3. The van der Waals surface area contributed by atoms with Crippen LogP contribution in [0.5, 0.6) is 0 Å². The molecule has 0 aliphatic carbocycles. The molecular weight excluding hydrogens is 393 g/mol. The Hall–Kier alpha value is -2.90. The minimum Gasteiger partial charge on any atom is -0.353 e. The number of carbonyl (C=O) groups excluding carboxylic acids is 1. The van der Waals surface area contributed by atoms with Crippen LogP contribution in [0.15, 0.2) is 36.4 Å². The fourth-order valence-corrected chi connectivity index (χ4v) is 3.21. The first kappa shape index (κ1) is 21.8. The number of carbonyl (C=O) groups is 1. The zero-order valence-corrected chi connectivity index (χ0v) is 17.3. The summed E-state index contributed by atoms with van der Waals surface area (Å²) in [5.41, 5.74) is 0.761. The summed E-state index contributed by atoms with van der Waals surface area (Å²) in [5, 5.41) is 0. The van der Waals surface area contributed by atoms with E-state index < -0.39 is 11.7 Å². The summed E-state index contributed by atoms with van der Waals surface area (Å²) in [5.74, 6) is 1.76. The van der Waals surface area contributed by atoms with Crippen molar-refractivity contribution >= 4 is 17.8 Å². The molecule has 0 N–H and O–H groups in total. The Balaban J connectivity index is 1.58. The predicted octanol–water partition coefficient (Wildman–Crippen LogP) is 4.29. The highest BCUT2D eigenvalue weighted by Crippen LogP contribution is 2.29. The van der Waals surface area contributed by atoms with E-state index in [1.165, 1.54) is 24.3 Å². The summed E-state index contributed by atoms with van der Waals surface area (Å²) in [6.45, 7) is 8.48. The van der Waals surface area contributed by atoms with E-state index in [4.69, 9.17) is 0 Å². The van der Waals surface area contributed by atoms with E-state index in [0.717, 1.165) is 29.5 Å². The van der Waals surface area contributed by atoms with Crippen LogP contribution in [0.4, 0.5) is 19.0 Å². The molecule has 1 aromatic heterocycles. The first-order chi connectivity index (χ1) is 14.1. The maximum atomic E-state index is 12.6. The summed E-state index contributed by atoms with van der Waals surface area (Å²) in [4.78, 5) is 25.4. The smallest absolute Gasteiger partial charge is 0.353 e. The van der Waals surface area contributed by atoms with Crippen LogP contribution in [0.3, 0.4) is 0 Å². The van der Waals surface area contributed by atoms with Crippen molar-refractivity contribution in [1.82, 2.24) is 14.9 Å². The number of piperazine rings is 1. The number of nitrogens with zero attached hydrogens (tertiary/aromatic N) is 4. The maximum Gasteiger partial charge on any atom is 0.416 e. The van der Waals surface area contributed by atoms with Crippen molar-refractivity contribution in [1.29, 1.82) is 0 Å². The quantitative estimate of drug-likeness (QED) is 0.695. The number of hydrogen-bond donors (Lipinski definition) is 0. The van der Waals surface area contributed by atoms with Crippen LogP contribution in [0, 0.1) is 6.92 Å². The third-order valence-corrected chi connectivity index (χ3v) is 4.95. The van der Waals surface area contributed by atoms with Gasteiger partial charge in [0.25, 0.3) is 0 Å². The fourth-order valence-electron chi connectivity index (χ4n) is 3.21. The van der Waals surface area contributed by atoms with Gasteiger partial charge in [0.2, 0.25) is 5.91 Å². The predicted molar refractivity (Wildman–Crippen MR) is 110 cm³/mol. The molecule has 0 saturated carbocycles. The molecule has 0 spiro atoms. The molecule has 8 heteroatoms. The SMILES string of the molecule is Cc1cc(N2CCN(C(=O)/C=C/c3ccc(C(F)(F)F)cc3)CC2)nc(C(C)C)n1. The molecule has 1 aromatic carbocycles. The molecule has 0 unspecified atom stereocenters. The number of alkyl halides is 3. The maximum absolute atomic E-state index is 12.6. The molecule has 1 fully saturated rings. The number of rotatable bonds is 4. The van der Waals surface area contributed by atoms with Gasteiger partial charge < -0.3 is 9.80 Å². The van der Waals surface area contributed by atoms with Crippen molar-refractivity contribution in [2.24, 2.45) is 0 Å². The minimum absolute atomic E-state index is 0.156. The van der Waals surface area contributed by atoms with Gasteiger partial charge >= 0.3 is 6.18 Å². The van der Waals surface area contributed by atoms with Gasteiger partial charge in [-0.25, -0.2) is 9.97 Å². The molecule has 1 aliphatic heterocycles. The van der Waals surface area contributed by atoms with Gasteiger partial charge in [0.1, 0.15) is 11.6 Å². The molecule has 2 aromatic rings. The lowest BCUT2D eigenvalue weighted by molar-refractivity contribution is -0.137. The number of halogens is 3. The largest absolute Gasteiger partial charge is 0.416 e. The second-order valence-corrected chi connectivity index (χ2v) is 7.65. The standard InChI is InChI=1S/C22H25F3N4O/c1-15(2)21-26-16(3)14-19(27-21)28-10-12-29(13-11-28)20(30)9-6-17-4-7-18(8-5-17)22(23,24)25/h4-9,14-15H,10-13H2,1-3H3/b9-6+. The van der Waals surface area contributed by atoms with E-state index in [1.54, 1.807) is 4.90 Å². The van der Waals surface area contributed by atoms with Crippen molar-refractivity contribution in [3.05, 3.63) is 59.1 Å².